The molecule has 0 aromatic carbocycles. The Morgan fingerprint density at radius 1 is 1.20 bits per heavy atom. The molecular weight excluding hydrogens is 264 g/mol. The molecule has 0 aliphatic heterocycles. The number of hydrogen-bond donors (Lipinski definition) is 1. The summed E-state index contributed by atoms with van der Waals surface area (Å²) in [4.78, 5) is 0. The number of aliphatic hydroxyl groups is 1. The third kappa shape index (κ3) is 2.61. The van der Waals surface area contributed by atoms with Gasteiger partial charge in [0.2, 0.25) is 0 Å². The van der Waals surface area contributed by atoms with Crippen LogP contribution in [0.25, 0.3) is 0 Å². The first kappa shape index (κ1) is 16.5. The predicted molar refractivity (Wildman–Crippen MR) is 87.3 cm³/mol. The van der Waals surface area contributed by atoms with Crippen LogP contribution in [0.5, 0.6) is 0 Å². The Bertz CT molecular complexity index is 356. The van der Waals surface area contributed by atoms with Crippen molar-refractivity contribution < 1.29 is 9.53 Å². The molecule has 2 saturated carbocycles. The van der Waals surface area contributed by atoms with Crippen molar-refractivity contribution in [3.63, 3.8) is 0 Å². The van der Waals surface area contributed by atoms with Gasteiger partial charge in [-0.05, 0) is 60.6 Å². The molecule has 1 unspecified atom stereocenters. The van der Waals surface area contributed by atoms with Crippen molar-refractivity contribution in [2.75, 3.05) is 6.61 Å². The van der Waals surface area contributed by atoms with E-state index in [4.69, 9.17) is 4.43 Å². The Hall–Kier alpha value is 0.137. The summed E-state index contributed by atoms with van der Waals surface area (Å²) < 4.78 is 6.77. The normalized spacial score (nSPS) is 37.2. The second-order valence-electron chi connectivity index (χ2n) is 9.22. The van der Waals surface area contributed by atoms with Gasteiger partial charge in [-0.3, -0.25) is 0 Å². The quantitative estimate of drug-likeness (QED) is 0.780. The zero-order valence-corrected chi connectivity index (χ0v) is 15.5. The first-order valence-electron chi connectivity index (χ1n) is 8.29. The van der Waals surface area contributed by atoms with Crippen LogP contribution in [-0.2, 0) is 4.43 Å². The molecule has 0 spiro atoms. The van der Waals surface area contributed by atoms with Crippen molar-refractivity contribution in [1.82, 2.24) is 0 Å². The van der Waals surface area contributed by atoms with Crippen molar-refractivity contribution in [2.24, 2.45) is 23.2 Å². The molecule has 4 atom stereocenters. The van der Waals surface area contributed by atoms with Crippen molar-refractivity contribution in [3.8, 4) is 0 Å². The van der Waals surface area contributed by atoms with E-state index in [-0.39, 0.29) is 5.04 Å². The molecule has 0 aromatic rings. The smallest absolute Gasteiger partial charge is 0.192 e. The predicted octanol–water partition coefficient (Wildman–Crippen LogP) is 4.44. The first-order chi connectivity index (χ1) is 9.00. The van der Waals surface area contributed by atoms with Gasteiger partial charge in [0, 0.05) is 12.7 Å². The van der Waals surface area contributed by atoms with Crippen LogP contribution in [-0.4, -0.2) is 26.1 Å². The molecule has 20 heavy (non-hydrogen) atoms. The van der Waals surface area contributed by atoms with Crippen LogP contribution in [0.15, 0.2) is 0 Å². The maximum Gasteiger partial charge on any atom is 0.192 e. The highest BCUT2D eigenvalue weighted by molar-refractivity contribution is 6.74. The number of fused-ring (bicyclic) bond motifs is 2. The van der Waals surface area contributed by atoms with E-state index in [1.165, 1.54) is 19.3 Å². The van der Waals surface area contributed by atoms with E-state index in [9.17, 15) is 5.11 Å². The van der Waals surface area contributed by atoms with Crippen LogP contribution in [0.4, 0.5) is 0 Å². The highest BCUT2D eigenvalue weighted by atomic mass is 28.4. The van der Waals surface area contributed by atoms with Crippen molar-refractivity contribution in [1.29, 1.82) is 0 Å². The Labute approximate surface area is 126 Å². The molecule has 0 saturated heterocycles. The van der Waals surface area contributed by atoms with Gasteiger partial charge in [-0.1, -0.05) is 34.6 Å². The van der Waals surface area contributed by atoms with Crippen LogP contribution in [0, 0.1) is 23.2 Å². The van der Waals surface area contributed by atoms with E-state index in [2.05, 4.69) is 47.7 Å². The van der Waals surface area contributed by atoms with Gasteiger partial charge in [0.1, 0.15) is 0 Å². The Balaban J connectivity index is 2.21. The highest BCUT2D eigenvalue weighted by Crippen LogP contribution is 2.59. The molecule has 0 aromatic heterocycles. The van der Waals surface area contributed by atoms with E-state index >= 15 is 0 Å². The summed E-state index contributed by atoms with van der Waals surface area (Å²) in [5.74, 6) is 1.77. The molecule has 2 aliphatic rings. The minimum atomic E-state index is -1.72. The molecule has 2 fully saturated rings. The van der Waals surface area contributed by atoms with Gasteiger partial charge >= 0.3 is 0 Å². The van der Waals surface area contributed by atoms with Gasteiger partial charge in [0.15, 0.2) is 8.32 Å². The average Bonchev–Trinajstić information content (AvgIpc) is 2.43. The standard InChI is InChI=1S/C17H34O2Si/c1-16(2,3)20(6,7)19-14-9-8-13-10-12(11-18)15(14)17(13,4)5/h12-15,18H,8-11H2,1-7H3/t12?,13-,14+,15-/m0/s1. The van der Waals surface area contributed by atoms with Gasteiger partial charge in [-0.15, -0.1) is 0 Å². The topological polar surface area (TPSA) is 29.5 Å². The lowest BCUT2D eigenvalue weighted by atomic mass is 9.65. The van der Waals surface area contributed by atoms with Crippen LogP contribution in [0.2, 0.25) is 18.1 Å². The van der Waals surface area contributed by atoms with Gasteiger partial charge in [0.25, 0.3) is 0 Å². The van der Waals surface area contributed by atoms with Gasteiger partial charge in [-0.25, -0.2) is 0 Å². The van der Waals surface area contributed by atoms with Gasteiger partial charge in [0.05, 0.1) is 0 Å². The summed E-state index contributed by atoms with van der Waals surface area (Å²) in [5.41, 5.74) is 0.332. The van der Waals surface area contributed by atoms with Crippen LogP contribution >= 0.6 is 0 Å². The van der Waals surface area contributed by atoms with E-state index in [1.807, 2.05) is 0 Å². The fraction of sp³-hybridized carbons (Fsp3) is 1.00. The largest absolute Gasteiger partial charge is 0.414 e. The Morgan fingerprint density at radius 3 is 2.30 bits per heavy atom. The van der Waals surface area contributed by atoms with E-state index in [0.717, 1.165) is 5.92 Å². The van der Waals surface area contributed by atoms with Crippen LogP contribution in [0.1, 0.15) is 53.9 Å². The zero-order valence-electron chi connectivity index (χ0n) is 14.5. The molecule has 0 heterocycles. The molecule has 0 radical (unpaired) electrons. The monoisotopic (exact) mass is 298 g/mol. The summed E-state index contributed by atoms with van der Waals surface area (Å²) >= 11 is 0. The molecule has 2 bridgehead atoms. The van der Waals surface area contributed by atoms with Crippen LogP contribution in [0.3, 0.4) is 0 Å². The van der Waals surface area contributed by atoms with Crippen LogP contribution < -0.4 is 0 Å². The second kappa shape index (κ2) is 5.10. The number of aliphatic hydroxyl groups excluding tert-OH is 1. The molecule has 1 N–H and O–H groups in total. The molecule has 2 nitrogen and oxygen atoms in total. The van der Waals surface area contributed by atoms with E-state index in [1.54, 1.807) is 0 Å². The van der Waals surface area contributed by atoms with Crippen molar-refractivity contribution in [2.45, 2.75) is 78.1 Å². The minimum Gasteiger partial charge on any atom is -0.414 e. The van der Waals surface area contributed by atoms with Crippen molar-refractivity contribution >= 4 is 8.32 Å². The Kier molecular flexibility index (Phi) is 4.21. The van der Waals surface area contributed by atoms with Gasteiger partial charge in [-0.2, -0.15) is 0 Å². The fourth-order valence-electron chi connectivity index (χ4n) is 4.39. The average molecular weight is 299 g/mol. The summed E-state index contributed by atoms with van der Waals surface area (Å²) in [6, 6.07) is 0. The number of hydrogen-bond acceptors (Lipinski definition) is 2. The lowest BCUT2D eigenvalue weighted by molar-refractivity contribution is -0.0202. The Morgan fingerprint density at radius 2 is 1.80 bits per heavy atom. The molecule has 118 valence electrons. The molecule has 2 aliphatic carbocycles. The summed E-state index contributed by atoms with van der Waals surface area (Å²) in [7, 11) is -1.72. The minimum absolute atomic E-state index is 0.265. The third-order valence-corrected chi connectivity index (χ3v) is 11.2. The molecule has 2 rings (SSSR count). The SMILES string of the molecule is CC1(C)[C@H]2CC[C@@H](O[Si](C)(C)C(C)(C)C)[C@@H]1C(CO)C2. The maximum atomic E-state index is 9.78. The highest BCUT2D eigenvalue weighted by Gasteiger charge is 2.56. The summed E-state index contributed by atoms with van der Waals surface area (Å²) in [5, 5.41) is 10.0. The maximum absolute atomic E-state index is 9.78. The lowest BCUT2D eigenvalue weighted by Gasteiger charge is -2.48. The number of rotatable bonds is 3. The zero-order chi connectivity index (χ0) is 15.3. The lowest BCUT2D eigenvalue weighted by Crippen LogP contribution is -2.50. The molecular formula is C17H34O2Si. The third-order valence-electron chi connectivity index (χ3n) is 6.69. The summed E-state index contributed by atoms with van der Waals surface area (Å²) in [6.07, 6.45) is 4.04. The van der Waals surface area contributed by atoms with E-state index < -0.39 is 8.32 Å². The van der Waals surface area contributed by atoms with E-state index in [0.29, 0.717) is 30.0 Å². The summed E-state index contributed by atoms with van der Waals surface area (Å²) in [6.45, 7) is 16.8. The first-order valence-corrected chi connectivity index (χ1v) is 11.2. The molecule has 3 heteroatoms. The fourth-order valence-corrected chi connectivity index (χ4v) is 5.76. The molecule has 0 amide bonds. The second-order valence-corrected chi connectivity index (χ2v) is 14.0. The van der Waals surface area contributed by atoms with Gasteiger partial charge < -0.3 is 9.53 Å². The van der Waals surface area contributed by atoms with Crippen molar-refractivity contribution in [3.05, 3.63) is 0 Å².